The van der Waals surface area contributed by atoms with E-state index in [1.54, 1.807) is 11.3 Å². The lowest BCUT2D eigenvalue weighted by Gasteiger charge is -2.26. The Labute approximate surface area is 113 Å². The summed E-state index contributed by atoms with van der Waals surface area (Å²) in [6.07, 6.45) is 3.17. The van der Waals surface area contributed by atoms with Crippen molar-refractivity contribution in [1.29, 1.82) is 0 Å². The van der Waals surface area contributed by atoms with Crippen molar-refractivity contribution >= 4 is 16.5 Å². The van der Waals surface area contributed by atoms with Crippen LogP contribution in [0.2, 0.25) is 0 Å². The van der Waals surface area contributed by atoms with Gasteiger partial charge in [-0.3, -0.25) is 0 Å². The van der Waals surface area contributed by atoms with Crippen molar-refractivity contribution in [3.8, 4) is 0 Å². The van der Waals surface area contributed by atoms with E-state index in [4.69, 9.17) is 4.74 Å². The maximum atomic E-state index is 9.30. The number of aromatic nitrogens is 1. The van der Waals surface area contributed by atoms with Crippen LogP contribution in [0.25, 0.3) is 0 Å². The Hall–Kier alpha value is -0.650. The van der Waals surface area contributed by atoms with E-state index in [9.17, 15) is 5.11 Å². The molecule has 0 amide bonds. The van der Waals surface area contributed by atoms with Crippen molar-refractivity contribution in [2.45, 2.75) is 32.8 Å². The zero-order valence-corrected chi connectivity index (χ0v) is 12.0. The van der Waals surface area contributed by atoms with Crippen molar-refractivity contribution in [2.24, 2.45) is 5.92 Å². The van der Waals surface area contributed by atoms with Crippen LogP contribution in [0.4, 0.5) is 5.13 Å². The smallest absolute Gasteiger partial charge is 0.185 e. The van der Waals surface area contributed by atoms with E-state index in [0.717, 1.165) is 54.7 Å². The Morgan fingerprint density at radius 1 is 1.44 bits per heavy atom. The molecule has 0 radical (unpaired) electrons. The highest BCUT2D eigenvalue weighted by Crippen LogP contribution is 2.27. The fourth-order valence-electron chi connectivity index (χ4n) is 2.33. The van der Waals surface area contributed by atoms with Gasteiger partial charge in [-0.05, 0) is 25.2 Å². The van der Waals surface area contributed by atoms with Crippen LogP contribution in [0.15, 0.2) is 0 Å². The molecule has 0 unspecified atom stereocenters. The molecule has 0 saturated carbocycles. The quantitative estimate of drug-likeness (QED) is 0.889. The van der Waals surface area contributed by atoms with E-state index >= 15 is 0 Å². The van der Waals surface area contributed by atoms with Crippen LogP contribution in [0.3, 0.4) is 0 Å². The molecule has 0 bridgehead atoms. The number of hydrogen-bond donors (Lipinski definition) is 1. The fourth-order valence-corrected chi connectivity index (χ4v) is 3.31. The molecule has 1 saturated heterocycles. The van der Waals surface area contributed by atoms with E-state index in [1.807, 2.05) is 0 Å². The number of ether oxygens (including phenoxy) is 1. The normalized spacial score (nSPS) is 17.1. The topological polar surface area (TPSA) is 45.6 Å². The van der Waals surface area contributed by atoms with E-state index in [-0.39, 0.29) is 6.61 Å². The van der Waals surface area contributed by atoms with Crippen molar-refractivity contribution < 1.29 is 9.84 Å². The fraction of sp³-hybridized carbons (Fsp3) is 0.769. The molecule has 2 heterocycles. The zero-order valence-electron chi connectivity index (χ0n) is 11.2. The molecule has 1 aliphatic rings. The average Bonchev–Trinajstić information content (AvgIpc) is 2.83. The summed E-state index contributed by atoms with van der Waals surface area (Å²) < 4.78 is 5.38. The van der Waals surface area contributed by atoms with E-state index in [0.29, 0.717) is 5.92 Å². The lowest BCUT2D eigenvalue weighted by molar-refractivity contribution is 0.0685. The first-order valence-corrected chi connectivity index (χ1v) is 7.44. The van der Waals surface area contributed by atoms with Crippen LogP contribution in [0, 0.1) is 5.92 Å². The number of aliphatic hydroxyl groups is 1. The number of thiazole rings is 1. The Bertz CT molecular complexity index is 354. The molecule has 0 aliphatic carbocycles. The SMILES string of the molecule is CCc1nc(N(C)CC2CCOCC2)sc1CO. The first-order valence-electron chi connectivity index (χ1n) is 6.63. The van der Waals surface area contributed by atoms with Crippen molar-refractivity contribution in [2.75, 3.05) is 31.7 Å². The van der Waals surface area contributed by atoms with Crippen molar-refractivity contribution in [3.63, 3.8) is 0 Å². The third-order valence-corrected chi connectivity index (χ3v) is 4.64. The Morgan fingerprint density at radius 2 is 2.17 bits per heavy atom. The van der Waals surface area contributed by atoms with Gasteiger partial charge in [-0.25, -0.2) is 4.98 Å². The molecule has 1 aromatic heterocycles. The summed E-state index contributed by atoms with van der Waals surface area (Å²) in [6, 6.07) is 0. The Balaban J connectivity index is 1.98. The molecule has 0 spiro atoms. The predicted molar refractivity (Wildman–Crippen MR) is 74.2 cm³/mol. The van der Waals surface area contributed by atoms with Crippen LogP contribution in [0.5, 0.6) is 0 Å². The first kappa shape index (κ1) is 13.8. The van der Waals surface area contributed by atoms with Gasteiger partial charge in [0.25, 0.3) is 0 Å². The zero-order chi connectivity index (χ0) is 13.0. The lowest BCUT2D eigenvalue weighted by Crippen LogP contribution is -2.29. The summed E-state index contributed by atoms with van der Waals surface area (Å²) in [6.45, 7) is 4.99. The number of aryl methyl sites for hydroxylation is 1. The number of nitrogens with zero attached hydrogens (tertiary/aromatic N) is 2. The Morgan fingerprint density at radius 3 is 2.72 bits per heavy atom. The molecule has 0 aromatic carbocycles. The molecule has 102 valence electrons. The Kier molecular flexibility index (Phi) is 4.97. The van der Waals surface area contributed by atoms with Gasteiger partial charge < -0.3 is 14.7 Å². The van der Waals surface area contributed by atoms with E-state index in [2.05, 4.69) is 23.9 Å². The van der Waals surface area contributed by atoms with Gasteiger partial charge in [-0.2, -0.15) is 0 Å². The molecule has 4 nitrogen and oxygen atoms in total. The van der Waals surface area contributed by atoms with Gasteiger partial charge >= 0.3 is 0 Å². The van der Waals surface area contributed by atoms with Crippen LogP contribution in [-0.2, 0) is 17.8 Å². The number of rotatable bonds is 5. The summed E-state index contributed by atoms with van der Waals surface area (Å²) in [4.78, 5) is 7.85. The first-order chi connectivity index (χ1) is 8.74. The molecule has 0 atom stereocenters. The summed E-state index contributed by atoms with van der Waals surface area (Å²) in [5, 5.41) is 10.3. The van der Waals surface area contributed by atoms with E-state index < -0.39 is 0 Å². The number of hydrogen-bond acceptors (Lipinski definition) is 5. The highest BCUT2D eigenvalue weighted by atomic mass is 32.1. The van der Waals surface area contributed by atoms with Crippen molar-refractivity contribution in [1.82, 2.24) is 4.98 Å². The maximum absolute atomic E-state index is 9.30. The molecule has 1 N–H and O–H groups in total. The predicted octanol–water partition coefficient (Wildman–Crippen LogP) is 2.06. The second-order valence-electron chi connectivity index (χ2n) is 4.81. The van der Waals surface area contributed by atoms with Crippen LogP contribution in [0.1, 0.15) is 30.3 Å². The second kappa shape index (κ2) is 6.50. The third kappa shape index (κ3) is 3.22. The summed E-state index contributed by atoms with van der Waals surface area (Å²) in [5.74, 6) is 0.704. The minimum absolute atomic E-state index is 0.103. The monoisotopic (exact) mass is 270 g/mol. The maximum Gasteiger partial charge on any atom is 0.185 e. The molecule has 1 fully saturated rings. The van der Waals surface area contributed by atoms with Gasteiger partial charge in [-0.1, -0.05) is 18.3 Å². The van der Waals surface area contributed by atoms with Gasteiger partial charge in [0.2, 0.25) is 0 Å². The summed E-state index contributed by atoms with van der Waals surface area (Å²) in [5.41, 5.74) is 1.04. The van der Waals surface area contributed by atoms with Gasteiger partial charge in [0.05, 0.1) is 17.2 Å². The van der Waals surface area contributed by atoms with Crippen LogP contribution >= 0.6 is 11.3 Å². The van der Waals surface area contributed by atoms with Crippen molar-refractivity contribution in [3.05, 3.63) is 10.6 Å². The molecular formula is C13H22N2O2S. The van der Waals surface area contributed by atoms with Gasteiger partial charge in [0.1, 0.15) is 0 Å². The number of anilines is 1. The van der Waals surface area contributed by atoms with Gasteiger partial charge in [-0.15, -0.1) is 0 Å². The molecule has 18 heavy (non-hydrogen) atoms. The third-order valence-electron chi connectivity index (χ3n) is 3.44. The van der Waals surface area contributed by atoms with Crippen LogP contribution < -0.4 is 4.90 Å². The lowest BCUT2D eigenvalue weighted by atomic mass is 10.0. The van der Waals surface area contributed by atoms with Crippen LogP contribution in [-0.4, -0.2) is 36.9 Å². The summed E-state index contributed by atoms with van der Waals surface area (Å²) >= 11 is 1.61. The largest absolute Gasteiger partial charge is 0.391 e. The highest BCUT2D eigenvalue weighted by molar-refractivity contribution is 7.15. The minimum atomic E-state index is 0.103. The van der Waals surface area contributed by atoms with E-state index in [1.165, 1.54) is 0 Å². The molecule has 5 heteroatoms. The second-order valence-corrected chi connectivity index (χ2v) is 5.88. The summed E-state index contributed by atoms with van der Waals surface area (Å²) in [7, 11) is 2.09. The number of aliphatic hydroxyl groups excluding tert-OH is 1. The van der Waals surface area contributed by atoms with Gasteiger partial charge in [0.15, 0.2) is 5.13 Å². The molecule has 1 aliphatic heterocycles. The van der Waals surface area contributed by atoms with Gasteiger partial charge in [0, 0.05) is 26.8 Å². The minimum Gasteiger partial charge on any atom is -0.391 e. The average molecular weight is 270 g/mol. The molecule has 1 aromatic rings. The highest BCUT2D eigenvalue weighted by Gasteiger charge is 2.18. The molecule has 2 rings (SSSR count). The standard InChI is InChI=1S/C13H22N2O2S/c1-3-11-12(9-16)18-13(14-11)15(2)8-10-4-6-17-7-5-10/h10,16H,3-9H2,1-2H3. The molecular weight excluding hydrogens is 248 g/mol.